The number of para-hydroxylation sites is 2. The van der Waals surface area contributed by atoms with Crippen molar-refractivity contribution in [2.45, 2.75) is 9.79 Å². The number of hydrogen-bond acceptors (Lipinski definition) is 4. The van der Waals surface area contributed by atoms with Crippen molar-refractivity contribution in [2.75, 3.05) is 10.6 Å². The molecule has 0 spiro atoms. The average Bonchev–Trinajstić information content (AvgIpc) is 2.85. The minimum absolute atomic E-state index is 0.0558. The third kappa shape index (κ3) is 5.16. The molecule has 0 unspecified atom stereocenters. The van der Waals surface area contributed by atoms with Gasteiger partial charge in [-0.2, -0.15) is 0 Å². The van der Waals surface area contributed by atoms with Gasteiger partial charge in [-0.25, -0.2) is 8.42 Å². The topological polar surface area (TPSA) is 92.3 Å². The van der Waals surface area contributed by atoms with Gasteiger partial charge in [0.25, 0.3) is 11.8 Å². The van der Waals surface area contributed by atoms with Gasteiger partial charge in [-0.3, -0.25) is 9.59 Å². The van der Waals surface area contributed by atoms with Crippen molar-refractivity contribution in [2.24, 2.45) is 0 Å². The van der Waals surface area contributed by atoms with Gasteiger partial charge in [0.15, 0.2) is 0 Å². The third-order valence-electron chi connectivity index (χ3n) is 4.92. The summed E-state index contributed by atoms with van der Waals surface area (Å²) in [5.74, 6) is -0.669. The largest absolute Gasteiger partial charge is 0.322 e. The summed E-state index contributed by atoms with van der Waals surface area (Å²) in [6.07, 6.45) is 0. The zero-order chi connectivity index (χ0) is 23.3. The molecule has 0 aliphatic heterocycles. The van der Waals surface area contributed by atoms with E-state index in [4.69, 9.17) is 0 Å². The average molecular weight is 457 g/mol. The van der Waals surface area contributed by atoms with Gasteiger partial charge in [-0.05, 0) is 72.8 Å². The van der Waals surface area contributed by atoms with Crippen LogP contribution in [0.1, 0.15) is 20.7 Å². The molecule has 4 rings (SSSR count). The molecule has 0 bridgehead atoms. The molecule has 33 heavy (non-hydrogen) atoms. The number of carbonyl (C=O) groups excluding carboxylic acids is 2. The van der Waals surface area contributed by atoms with E-state index in [9.17, 15) is 18.0 Å². The van der Waals surface area contributed by atoms with Crippen LogP contribution in [0.2, 0.25) is 0 Å². The standard InChI is InChI=1S/C26H20N2O4S/c29-25(27-21-7-3-1-4-8-21)19-11-15-23(16-12-19)33(31,32)24-17-13-20(14-18-24)26(30)28-22-9-5-2-6-10-22/h1-18H,(H,27,29)(H,28,30). The Morgan fingerprint density at radius 1 is 0.485 bits per heavy atom. The van der Waals surface area contributed by atoms with E-state index in [1.54, 1.807) is 24.3 Å². The van der Waals surface area contributed by atoms with E-state index in [0.717, 1.165) is 0 Å². The maximum atomic E-state index is 13.0. The Labute approximate surface area is 191 Å². The molecule has 4 aromatic carbocycles. The second-order valence-corrected chi connectivity index (χ2v) is 9.14. The van der Waals surface area contributed by atoms with Crippen molar-refractivity contribution in [3.63, 3.8) is 0 Å². The fourth-order valence-corrected chi connectivity index (χ4v) is 4.42. The molecular formula is C26H20N2O4S. The van der Waals surface area contributed by atoms with Crippen molar-refractivity contribution in [1.29, 1.82) is 0 Å². The third-order valence-corrected chi connectivity index (χ3v) is 6.70. The summed E-state index contributed by atoms with van der Waals surface area (Å²) in [7, 11) is -3.81. The van der Waals surface area contributed by atoms with Crippen molar-refractivity contribution in [3.8, 4) is 0 Å². The first-order valence-electron chi connectivity index (χ1n) is 10.1. The molecule has 4 aromatic rings. The first-order valence-corrected chi connectivity index (χ1v) is 11.6. The van der Waals surface area contributed by atoms with Gasteiger partial charge >= 0.3 is 0 Å². The molecule has 2 amide bonds. The van der Waals surface area contributed by atoms with Crippen LogP contribution < -0.4 is 10.6 Å². The minimum atomic E-state index is -3.81. The number of hydrogen-bond donors (Lipinski definition) is 2. The molecule has 7 heteroatoms. The van der Waals surface area contributed by atoms with Crippen molar-refractivity contribution in [1.82, 2.24) is 0 Å². The Kier molecular flexibility index (Phi) is 6.33. The molecule has 0 aliphatic carbocycles. The lowest BCUT2D eigenvalue weighted by Crippen LogP contribution is -2.12. The predicted molar refractivity (Wildman–Crippen MR) is 127 cm³/mol. The van der Waals surface area contributed by atoms with Crippen molar-refractivity contribution < 1.29 is 18.0 Å². The molecule has 0 aliphatic rings. The van der Waals surface area contributed by atoms with Crippen LogP contribution in [0.3, 0.4) is 0 Å². The number of amides is 2. The van der Waals surface area contributed by atoms with Gasteiger partial charge in [0.2, 0.25) is 9.84 Å². The number of rotatable bonds is 6. The number of sulfone groups is 1. The zero-order valence-electron chi connectivity index (χ0n) is 17.4. The maximum Gasteiger partial charge on any atom is 0.255 e. The second-order valence-electron chi connectivity index (χ2n) is 7.19. The lowest BCUT2D eigenvalue weighted by atomic mass is 10.2. The van der Waals surface area contributed by atoms with Crippen molar-refractivity contribution in [3.05, 3.63) is 120 Å². The Morgan fingerprint density at radius 3 is 1.15 bits per heavy atom. The van der Waals surface area contributed by atoms with Crippen LogP contribution in [-0.2, 0) is 9.84 Å². The lowest BCUT2D eigenvalue weighted by molar-refractivity contribution is 0.101. The monoisotopic (exact) mass is 456 g/mol. The molecular weight excluding hydrogens is 436 g/mol. The Balaban J connectivity index is 1.47. The highest BCUT2D eigenvalue weighted by atomic mass is 32.2. The smallest absolute Gasteiger partial charge is 0.255 e. The number of carbonyl (C=O) groups is 2. The van der Waals surface area contributed by atoms with E-state index in [1.165, 1.54) is 48.5 Å². The molecule has 0 fully saturated rings. The van der Waals surface area contributed by atoms with Crippen molar-refractivity contribution >= 4 is 33.0 Å². The van der Waals surface area contributed by atoms with E-state index < -0.39 is 9.84 Å². The van der Waals surface area contributed by atoms with Crippen LogP contribution in [0.4, 0.5) is 11.4 Å². The Morgan fingerprint density at radius 2 is 0.818 bits per heavy atom. The fourth-order valence-electron chi connectivity index (χ4n) is 3.16. The molecule has 0 atom stereocenters. The molecule has 0 saturated carbocycles. The highest BCUT2D eigenvalue weighted by Gasteiger charge is 2.19. The van der Waals surface area contributed by atoms with Crippen LogP contribution in [-0.4, -0.2) is 20.2 Å². The van der Waals surface area contributed by atoms with Crippen LogP contribution in [0, 0.1) is 0 Å². The summed E-state index contributed by atoms with van der Waals surface area (Å²) in [5.41, 5.74) is 1.97. The number of anilines is 2. The van der Waals surface area contributed by atoms with E-state index in [-0.39, 0.29) is 21.6 Å². The van der Waals surface area contributed by atoms with E-state index >= 15 is 0 Å². The summed E-state index contributed by atoms with van der Waals surface area (Å²) in [4.78, 5) is 24.9. The fraction of sp³-hybridized carbons (Fsp3) is 0. The first-order chi connectivity index (χ1) is 15.9. The molecule has 0 saturated heterocycles. The van der Waals surface area contributed by atoms with Crippen LogP contribution >= 0.6 is 0 Å². The summed E-state index contributed by atoms with van der Waals surface area (Å²) in [6, 6.07) is 29.4. The molecule has 6 nitrogen and oxygen atoms in total. The highest BCUT2D eigenvalue weighted by Crippen LogP contribution is 2.22. The lowest BCUT2D eigenvalue weighted by Gasteiger charge is -2.09. The van der Waals surface area contributed by atoms with Crippen LogP contribution in [0.25, 0.3) is 0 Å². The second kappa shape index (κ2) is 9.50. The van der Waals surface area contributed by atoms with Gasteiger partial charge < -0.3 is 10.6 Å². The van der Waals surface area contributed by atoms with E-state index in [2.05, 4.69) is 10.6 Å². The summed E-state index contributed by atoms with van der Waals surface area (Å²) < 4.78 is 26.0. The summed E-state index contributed by atoms with van der Waals surface area (Å²) >= 11 is 0. The summed E-state index contributed by atoms with van der Waals surface area (Å²) in [5, 5.41) is 5.51. The number of nitrogens with one attached hydrogen (secondary N) is 2. The number of benzene rings is 4. The molecule has 0 heterocycles. The molecule has 2 N–H and O–H groups in total. The van der Waals surface area contributed by atoms with Crippen LogP contribution in [0.5, 0.6) is 0 Å². The molecule has 0 aromatic heterocycles. The SMILES string of the molecule is O=C(Nc1ccccc1)c1ccc(S(=O)(=O)c2ccc(C(=O)Nc3ccccc3)cc2)cc1. The molecule has 164 valence electrons. The quantitative estimate of drug-likeness (QED) is 0.426. The van der Waals surface area contributed by atoms with Gasteiger partial charge in [0, 0.05) is 22.5 Å². The molecule has 0 radical (unpaired) electrons. The zero-order valence-corrected chi connectivity index (χ0v) is 18.3. The first kappa shape index (κ1) is 22.0. The van der Waals surface area contributed by atoms with Crippen LogP contribution in [0.15, 0.2) is 119 Å². The normalized spacial score (nSPS) is 10.9. The Hall–Kier alpha value is -4.23. The van der Waals surface area contributed by atoms with E-state index in [1.807, 2.05) is 36.4 Å². The highest BCUT2D eigenvalue weighted by molar-refractivity contribution is 7.91. The van der Waals surface area contributed by atoms with E-state index in [0.29, 0.717) is 22.5 Å². The van der Waals surface area contributed by atoms with Gasteiger partial charge in [0.05, 0.1) is 9.79 Å². The predicted octanol–water partition coefficient (Wildman–Crippen LogP) is 5.02. The van der Waals surface area contributed by atoms with Gasteiger partial charge in [-0.15, -0.1) is 0 Å². The van der Waals surface area contributed by atoms with Gasteiger partial charge in [0.1, 0.15) is 0 Å². The minimum Gasteiger partial charge on any atom is -0.322 e. The van der Waals surface area contributed by atoms with Gasteiger partial charge in [-0.1, -0.05) is 36.4 Å². The maximum absolute atomic E-state index is 13.0. The Bertz CT molecular complexity index is 1270. The summed E-state index contributed by atoms with van der Waals surface area (Å²) in [6.45, 7) is 0.